The van der Waals surface area contributed by atoms with Crippen molar-refractivity contribution in [3.8, 4) is 0 Å². The minimum atomic E-state index is -0.807. The number of pyridine rings is 1. The number of aromatic nitrogens is 1. The molecule has 2 rings (SSSR count). The van der Waals surface area contributed by atoms with E-state index in [1.54, 1.807) is 24.4 Å². The minimum absolute atomic E-state index is 0.0408. The second kappa shape index (κ2) is 5.33. The summed E-state index contributed by atoms with van der Waals surface area (Å²) >= 11 is 5.58. The summed E-state index contributed by atoms with van der Waals surface area (Å²) in [4.78, 5) is 3.86. The van der Waals surface area contributed by atoms with E-state index in [0.717, 1.165) is 5.56 Å². The highest BCUT2D eigenvalue weighted by Gasteiger charge is 2.11. The van der Waals surface area contributed by atoms with Gasteiger partial charge in [0.05, 0.1) is 11.1 Å². The van der Waals surface area contributed by atoms with Crippen molar-refractivity contribution in [3.63, 3.8) is 0 Å². The van der Waals surface area contributed by atoms with Crippen LogP contribution in [0.25, 0.3) is 0 Å². The van der Waals surface area contributed by atoms with Gasteiger partial charge in [0, 0.05) is 12.6 Å². The molecule has 0 fully saturated rings. The zero-order chi connectivity index (χ0) is 13.1. The number of nitrogen functional groups attached to an aromatic ring is 1. The fourth-order valence-electron chi connectivity index (χ4n) is 1.68. The van der Waals surface area contributed by atoms with E-state index in [-0.39, 0.29) is 5.02 Å². The quantitative estimate of drug-likeness (QED) is 0.898. The standard InChI is InChI=1S/C13H12ClFN2O/c14-10-2-1-9(7-11(10)15)12(18)5-8-3-4-17-13(16)6-8/h1-4,6-7,12,18H,5H2,(H2,16,17). The van der Waals surface area contributed by atoms with Gasteiger partial charge in [0.1, 0.15) is 11.6 Å². The number of hydrogen-bond donors (Lipinski definition) is 2. The predicted octanol–water partition coefficient (Wildman–Crippen LogP) is 2.73. The number of anilines is 1. The van der Waals surface area contributed by atoms with Gasteiger partial charge in [-0.3, -0.25) is 0 Å². The van der Waals surface area contributed by atoms with Crippen LogP contribution in [0.15, 0.2) is 36.5 Å². The summed E-state index contributed by atoms with van der Waals surface area (Å²) in [6.45, 7) is 0. The third-order valence-corrected chi connectivity index (χ3v) is 2.91. The SMILES string of the molecule is Nc1cc(CC(O)c2ccc(Cl)c(F)c2)ccn1. The minimum Gasteiger partial charge on any atom is -0.388 e. The topological polar surface area (TPSA) is 59.1 Å². The number of benzene rings is 1. The lowest BCUT2D eigenvalue weighted by molar-refractivity contribution is 0.178. The van der Waals surface area contributed by atoms with Crippen molar-refractivity contribution in [2.75, 3.05) is 5.73 Å². The Hall–Kier alpha value is -1.65. The van der Waals surface area contributed by atoms with Crippen LogP contribution in [0.1, 0.15) is 17.2 Å². The van der Waals surface area contributed by atoms with E-state index in [9.17, 15) is 9.50 Å². The van der Waals surface area contributed by atoms with Gasteiger partial charge in [0.2, 0.25) is 0 Å². The molecule has 2 aromatic rings. The van der Waals surface area contributed by atoms with Crippen molar-refractivity contribution in [2.24, 2.45) is 0 Å². The molecule has 1 aromatic carbocycles. The molecule has 0 radical (unpaired) electrons. The molecule has 0 amide bonds. The second-order valence-electron chi connectivity index (χ2n) is 3.98. The first-order chi connectivity index (χ1) is 8.56. The molecule has 5 heteroatoms. The smallest absolute Gasteiger partial charge is 0.142 e. The Kier molecular flexibility index (Phi) is 3.79. The number of nitrogens with zero attached hydrogens (tertiary/aromatic N) is 1. The van der Waals surface area contributed by atoms with Gasteiger partial charge in [-0.1, -0.05) is 17.7 Å². The average molecular weight is 267 g/mol. The Bertz CT molecular complexity index is 562. The highest BCUT2D eigenvalue weighted by atomic mass is 35.5. The van der Waals surface area contributed by atoms with Crippen LogP contribution in [0.2, 0.25) is 5.02 Å². The Labute approximate surface area is 109 Å². The normalized spacial score (nSPS) is 12.4. The fraction of sp³-hybridized carbons (Fsp3) is 0.154. The average Bonchev–Trinajstić information content (AvgIpc) is 2.32. The molecule has 0 aliphatic carbocycles. The number of aliphatic hydroxyl groups excluding tert-OH is 1. The Morgan fingerprint density at radius 1 is 1.33 bits per heavy atom. The second-order valence-corrected chi connectivity index (χ2v) is 4.39. The van der Waals surface area contributed by atoms with Gasteiger partial charge < -0.3 is 10.8 Å². The molecule has 0 bridgehead atoms. The van der Waals surface area contributed by atoms with E-state index < -0.39 is 11.9 Å². The highest BCUT2D eigenvalue weighted by Crippen LogP contribution is 2.23. The van der Waals surface area contributed by atoms with Crippen LogP contribution in [0.5, 0.6) is 0 Å². The summed E-state index contributed by atoms with van der Waals surface area (Å²) in [5, 5.41) is 10.1. The summed E-state index contributed by atoms with van der Waals surface area (Å²) in [7, 11) is 0. The van der Waals surface area contributed by atoms with Crippen LogP contribution < -0.4 is 5.73 Å². The monoisotopic (exact) mass is 266 g/mol. The third-order valence-electron chi connectivity index (χ3n) is 2.60. The highest BCUT2D eigenvalue weighted by molar-refractivity contribution is 6.30. The van der Waals surface area contributed by atoms with Gasteiger partial charge in [-0.2, -0.15) is 0 Å². The maximum absolute atomic E-state index is 13.3. The lowest BCUT2D eigenvalue weighted by Gasteiger charge is -2.11. The van der Waals surface area contributed by atoms with E-state index in [4.69, 9.17) is 17.3 Å². The lowest BCUT2D eigenvalue weighted by atomic mass is 10.0. The lowest BCUT2D eigenvalue weighted by Crippen LogP contribution is -2.03. The maximum atomic E-state index is 13.3. The van der Waals surface area contributed by atoms with Gasteiger partial charge in [0.25, 0.3) is 0 Å². The molecule has 18 heavy (non-hydrogen) atoms. The maximum Gasteiger partial charge on any atom is 0.142 e. The molecule has 0 saturated carbocycles. The number of halogens is 2. The van der Waals surface area contributed by atoms with Crippen LogP contribution in [0.4, 0.5) is 10.2 Å². The van der Waals surface area contributed by atoms with E-state index in [0.29, 0.717) is 17.8 Å². The van der Waals surface area contributed by atoms with Crippen LogP contribution in [-0.2, 0) is 6.42 Å². The number of nitrogens with two attached hydrogens (primary N) is 1. The zero-order valence-electron chi connectivity index (χ0n) is 9.48. The van der Waals surface area contributed by atoms with Crippen molar-refractivity contribution in [1.82, 2.24) is 4.98 Å². The third kappa shape index (κ3) is 2.97. The fourth-order valence-corrected chi connectivity index (χ4v) is 1.80. The van der Waals surface area contributed by atoms with Crippen LogP contribution in [-0.4, -0.2) is 10.1 Å². The summed E-state index contributed by atoms with van der Waals surface area (Å²) in [6, 6.07) is 7.69. The first-order valence-corrected chi connectivity index (χ1v) is 5.77. The van der Waals surface area contributed by atoms with Crippen LogP contribution in [0.3, 0.4) is 0 Å². The molecule has 0 aliphatic rings. The molecule has 1 aromatic heterocycles. The van der Waals surface area contributed by atoms with Crippen molar-refractivity contribution >= 4 is 17.4 Å². The number of hydrogen-bond acceptors (Lipinski definition) is 3. The molecule has 94 valence electrons. The predicted molar refractivity (Wildman–Crippen MR) is 68.7 cm³/mol. The Balaban J connectivity index is 2.16. The molecule has 1 atom stereocenters. The summed E-state index contributed by atoms with van der Waals surface area (Å²) in [5.74, 6) is -0.149. The van der Waals surface area contributed by atoms with Gasteiger partial charge in [-0.25, -0.2) is 9.37 Å². The Morgan fingerprint density at radius 2 is 2.11 bits per heavy atom. The van der Waals surface area contributed by atoms with E-state index in [1.807, 2.05) is 0 Å². The van der Waals surface area contributed by atoms with Gasteiger partial charge in [-0.15, -0.1) is 0 Å². The van der Waals surface area contributed by atoms with Crippen molar-refractivity contribution < 1.29 is 9.50 Å². The molecule has 0 aliphatic heterocycles. The molecular formula is C13H12ClFN2O. The van der Waals surface area contributed by atoms with Crippen molar-refractivity contribution in [1.29, 1.82) is 0 Å². The number of aliphatic hydroxyl groups is 1. The van der Waals surface area contributed by atoms with Gasteiger partial charge >= 0.3 is 0 Å². The van der Waals surface area contributed by atoms with Crippen molar-refractivity contribution in [3.05, 3.63) is 58.5 Å². The van der Waals surface area contributed by atoms with Gasteiger partial charge in [0.15, 0.2) is 0 Å². The first-order valence-electron chi connectivity index (χ1n) is 5.39. The molecular weight excluding hydrogens is 255 g/mol. The van der Waals surface area contributed by atoms with Crippen LogP contribution in [0, 0.1) is 5.82 Å². The molecule has 3 nitrogen and oxygen atoms in total. The molecule has 3 N–H and O–H groups in total. The first kappa shape index (κ1) is 12.8. The van der Waals surface area contributed by atoms with E-state index in [1.165, 1.54) is 12.1 Å². The molecule has 1 unspecified atom stereocenters. The summed E-state index contributed by atoms with van der Waals surface area (Å²) < 4.78 is 13.3. The number of rotatable bonds is 3. The Morgan fingerprint density at radius 3 is 2.78 bits per heavy atom. The summed E-state index contributed by atoms with van der Waals surface area (Å²) in [5.41, 5.74) is 6.86. The zero-order valence-corrected chi connectivity index (χ0v) is 10.2. The van der Waals surface area contributed by atoms with Gasteiger partial charge in [-0.05, 0) is 35.4 Å². The molecule has 1 heterocycles. The largest absolute Gasteiger partial charge is 0.388 e. The van der Waals surface area contributed by atoms with Crippen LogP contribution >= 0.6 is 11.6 Å². The summed E-state index contributed by atoms with van der Waals surface area (Å²) in [6.07, 6.45) is 1.10. The molecule has 0 saturated heterocycles. The van der Waals surface area contributed by atoms with E-state index >= 15 is 0 Å². The molecule has 0 spiro atoms. The van der Waals surface area contributed by atoms with Crippen molar-refractivity contribution in [2.45, 2.75) is 12.5 Å². The van der Waals surface area contributed by atoms with E-state index in [2.05, 4.69) is 4.98 Å².